The molecule has 23 heavy (non-hydrogen) atoms. The number of nitrogens with zero attached hydrogens (tertiary/aromatic N) is 1. The Morgan fingerprint density at radius 1 is 1.39 bits per heavy atom. The third-order valence-electron chi connectivity index (χ3n) is 3.21. The molecule has 0 spiro atoms. The van der Waals surface area contributed by atoms with Crippen LogP contribution >= 0.6 is 15.9 Å². The van der Waals surface area contributed by atoms with Crippen LogP contribution in [0.3, 0.4) is 0 Å². The molecule has 1 unspecified atom stereocenters. The molecular weight excluding hydrogens is 368 g/mol. The second-order valence-corrected chi connectivity index (χ2v) is 5.70. The molecule has 1 atom stereocenters. The predicted octanol–water partition coefficient (Wildman–Crippen LogP) is 1.51. The summed E-state index contributed by atoms with van der Waals surface area (Å²) in [4.78, 5) is 36.0. The maximum atomic E-state index is 12.6. The van der Waals surface area contributed by atoms with E-state index in [0.29, 0.717) is 15.8 Å². The number of rotatable bonds is 7. The summed E-state index contributed by atoms with van der Waals surface area (Å²) in [6.07, 6.45) is 0. The van der Waals surface area contributed by atoms with E-state index in [9.17, 15) is 19.5 Å². The van der Waals surface area contributed by atoms with E-state index in [4.69, 9.17) is 4.74 Å². The molecule has 0 saturated carbocycles. The van der Waals surface area contributed by atoms with Gasteiger partial charge in [-0.15, -0.1) is 0 Å². The van der Waals surface area contributed by atoms with Gasteiger partial charge in [0.15, 0.2) is 0 Å². The van der Waals surface area contributed by atoms with E-state index in [1.807, 2.05) is 0 Å². The Bertz CT molecular complexity index is 606. The largest absolute Gasteiger partial charge is 0.496 e. The highest BCUT2D eigenvalue weighted by Crippen LogP contribution is 2.26. The number of aliphatic carboxylic acids is 1. The Hall–Kier alpha value is -2.09. The molecule has 126 valence electrons. The van der Waals surface area contributed by atoms with Crippen LogP contribution in [0.1, 0.15) is 24.2 Å². The smallest absolute Gasteiger partial charge is 0.326 e. The second kappa shape index (κ2) is 8.52. The molecule has 0 saturated heterocycles. The highest BCUT2D eigenvalue weighted by atomic mass is 79.9. The first-order valence-electron chi connectivity index (χ1n) is 6.89. The number of ether oxygens (including phenoxy) is 1. The number of amides is 2. The van der Waals surface area contributed by atoms with Gasteiger partial charge in [-0.1, -0.05) is 0 Å². The first-order valence-corrected chi connectivity index (χ1v) is 7.69. The Morgan fingerprint density at radius 2 is 2.04 bits per heavy atom. The fourth-order valence-electron chi connectivity index (χ4n) is 1.92. The van der Waals surface area contributed by atoms with Crippen molar-refractivity contribution in [1.29, 1.82) is 0 Å². The SMILES string of the molecule is COc1ccc(C(=O)N(CCNC(C)=O)C(C)C(=O)O)cc1Br. The molecule has 0 aliphatic heterocycles. The number of carboxylic acid groups (broad SMARTS) is 1. The lowest BCUT2D eigenvalue weighted by molar-refractivity contribution is -0.141. The van der Waals surface area contributed by atoms with Crippen LogP contribution < -0.4 is 10.1 Å². The van der Waals surface area contributed by atoms with Crippen molar-refractivity contribution in [3.63, 3.8) is 0 Å². The van der Waals surface area contributed by atoms with Gasteiger partial charge in [0.2, 0.25) is 5.91 Å². The van der Waals surface area contributed by atoms with Crippen molar-refractivity contribution in [3.8, 4) is 5.75 Å². The van der Waals surface area contributed by atoms with Gasteiger partial charge < -0.3 is 20.1 Å². The Labute approximate surface area is 142 Å². The average molecular weight is 387 g/mol. The number of carbonyl (C=O) groups is 3. The van der Waals surface area contributed by atoms with E-state index in [1.54, 1.807) is 18.2 Å². The zero-order valence-electron chi connectivity index (χ0n) is 13.1. The van der Waals surface area contributed by atoms with Crippen LogP contribution in [0.4, 0.5) is 0 Å². The van der Waals surface area contributed by atoms with Crippen LogP contribution in [-0.2, 0) is 9.59 Å². The van der Waals surface area contributed by atoms with Crippen LogP contribution in [0, 0.1) is 0 Å². The summed E-state index contributed by atoms with van der Waals surface area (Å²) in [6, 6.07) is 3.74. The number of halogens is 1. The van der Waals surface area contributed by atoms with Gasteiger partial charge in [0.1, 0.15) is 11.8 Å². The second-order valence-electron chi connectivity index (χ2n) is 4.85. The van der Waals surface area contributed by atoms with E-state index in [-0.39, 0.29) is 19.0 Å². The zero-order valence-corrected chi connectivity index (χ0v) is 14.7. The summed E-state index contributed by atoms with van der Waals surface area (Å²) in [7, 11) is 1.51. The Morgan fingerprint density at radius 3 is 2.52 bits per heavy atom. The highest BCUT2D eigenvalue weighted by Gasteiger charge is 2.26. The average Bonchev–Trinajstić information content (AvgIpc) is 2.49. The first kappa shape index (κ1) is 19.0. The van der Waals surface area contributed by atoms with E-state index < -0.39 is 17.9 Å². The molecule has 0 radical (unpaired) electrons. The van der Waals surface area contributed by atoms with Crippen LogP contribution in [0.5, 0.6) is 5.75 Å². The lowest BCUT2D eigenvalue weighted by Crippen LogP contribution is -2.46. The molecule has 0 aromatic heterocycles. The monoisotopic (exact) mass is 386 g/mol. The molecule has 8 heteroatoms. The molecule has 2 amide bonds. The third-order valence-corrected chi connectivity index (χ3v) is 3.83. The molecule has 1 aromatic rings. The molecule has 0 aliphatic rings. The van der Waals surface area contributed by atoms with Crippen LogP contribution in [0.25, 0.3) is 0 Å². The minimum Gasteiger partial charge on any atom is -0.496 e. The van der Waals surface area contributed by atoms with Crippen molar-refractivity contribution in [2.75, 3.05) is 20.2 Å². The highest BCUT2D eigenvalue weighted by molar-refractivity contribution is 9.10. The molecule has 1 rings (SSSR count). The normalized spacial score (nSPS) is 11.5. The standard InChI is InChI=1S/C15H19BrN2O5/c1-9(15(21)22)18(7-6-17-10(2)19)14(20)11-4-5-13(23-3)12(16)8-11/h4-5,8-9H,6-7H2,1-3H3,(H,17,19)(H,21,22). The van der Waals surface area contributed by atoms with Crippen molar-refractivity contribution in [1.82, 2.24) is 10.2 Å². The molecule has 7 nitrogen and oxygen atoms in total. The maximum absolute atomic E-state index is 12.6. The van der Waals surface area contributed by atoms with E-state index >= 15 is 0 Å². The number of benzene rings is 1. The topological polar surface area (TPSA) is 95.9 Å². The lowest BCUT2D eigenvalue weighted by atomic mass is 10.1. The van der Waals surface area contributed by atoms with Gasteiger partial charge in [-0.05, 0) is 41.1 Å². The van der Waals surface area contributed by atoms with E-state index in [0.717, 1.165) is 0 Å². The summed E-state index contributed by atoms with van der Waals surface area (Å²) >= 11 is 3.29. The number of carbonyl (C=O) groups excluding carboxylic acids is 2. The van der Waals surface area contributed by atoms with E-state index in [1.165, 1.54) is 25.9 Å². The first-order chi connectivity index (χ1) is 10.8. The Kier molecular flexibility index (Phi) is 7.02. The quantitative estimate of drug-likeness (QED) is 0.740. The van der Waals surface area contributed by atoms with Gasteiger partial charge in [0.25, 0.3) is 5.91 Å². The van der Waals surface area contributed by atoms with Crippen LogP contribution in [0.2, 0.25) is 0 Å². The van der Waals surface area contributed by atoms with Gasteiger partial charge in [-0.3, -0.25) is 9.59 Å². The fourth-order valence-corrected chi connectivity index (χ4v) is 2.46. The van der Waals surface area contributed by atoms with Gasteiger partial charge in [-0.25, -0.2) is 4.79 Å². The van der Waals surface area contributed by atoms with Crippen molar-refractivity contribution in [2.24, 2.45) is 0 Å². The van der Waals surface area contributed by atoms with Gasteiger partial charge in [0, 0.05) is 25.6 Å². The summed E-state index contributed by atoms with van der Waals surface area (Å²) in [5, 5.41) is 11.7. The maximum Gasteiger partial charge on any atom is 0.326 e. The number of hydrogen-bond acceptors (Lipinski definition) is 4. The molecule has 0 fully saturated rings. The summed E-state index contributed by atoms with van der Waals surface area (Å²) < 4.78 is 5.70. The summed E-state index contributed by atoms with van der Waals surface area (Å²) in [5.41, 5.74) is 0.327. The van der Waals surface area contributed by atoms with Gasteiger partial charge in [-0.2, -0.15) is 0 Å². The van der Waals surface area contributed by atoms with Gasteiger partial charge in [0.05, 0.1) is 11.6 Å². The van der Waals surface area contributed by atoms with Crippen LogP contribution in [0.15, 0.2) is 22.7 Å². The van der Waals surface area contributed by atoms with Crippen molar-refractivity contribution in [2.45, 2.75) is 19.9 Å². The summed E-state index contributed by atoms with van der Waals surface area (Å²) in [5.74, 6) is -1.23. The zero-order chi connectivity index (χ0) is 17.6. The van der Waals surface area contributed by atoms with Crippen molar-refractivity contribution < 1.29 is 24.2 Å². The van der Waals surface area contributed by atoms with Crippen molar-refractivity contribution in [3.05, 3.63) is 28.2 Å². The molecule has 2 N–H and O–H groups in total. The number of methoxy groups -OCH3 is 1. The predicted molar refractivity (Wildman–Crippen MR) is 87.5 cm³/mol. The minimum atomic E-state index is -1.12. The third kappa shape index (κ3) is 5.24. The number of nitrogens with one attached hydrogen (secondary N) is 1. The summed E-state index contributed by atoms with van der Waals surface area (Å²) in [6.45, 7) is 3.05. The molecular formula is C15H19BrN2O5. The lowest BCUT2D eigenvalue weighted by Gasteiger charge is -2.27. The molecule has 0 heterocycles. The number of carboxylic acids is 1. The van der Waals surface area contributed by atoms with E-state index in [2.05, 4.69) is 21.2 Å². The fraction of sp³-hybridized carbons (Fsp3) is 0.400. The number of hydrogen-bond donors (Lipinski definition) is 2. The van der Waals surface area contributed by atoms with Crippen molar-refractivity contribution >= 4 is 33.7 Å². The Balaban J connectivity index is 3.00. The molecule has 0 aliphatic carbocycles. The van der Waals surface area contributed by atoms with Gasteiger partial charge >= 0.3 is 5.97 Å². The molecule has 0 bridgehead atoms. The molecule has 1 aromatic carbocycles. The van der Waals surface area contributed by atoms with Crippen LogP contribution in [-0.4, -0.2) is 54.0 Å². The minimum absolute atomic E-state index is 0.0928.